The van der Waals surface area contributed by atoms with Gasteiger partial charge in [-0.15, -0.1) is 0 Å². The molecule has 118 valence electrons. The van der Waals surface area contributed by atoms with Gasteiger partial charge >= 0.3 is 7.82 Å². The maximum absolute atomic E-state index is 11.2. The Morgan fingerprint density at radius 3 is 1.91 bits per heavy atom. The van der Waals surface area contributed by atoms with E-state index in [1.807, 2.05) is 24.3 Å². The van der Waals surface area contributed by atoms with Crippen LogP contribution in [0, 0.1) is 0 Å². The van der Waals surface area contributed by atoms with E-state index in [0.717, 1.165) is 24.7 Å². The predicted molar refractivity (Wildman–Crippen MR) is 87.7 cm³/mol. The van der Waals surface area contributed by atoms with E-state index in [9.17, 15) is 4.57 Å². The van der Waals surface area contributed by atoms with Gasteiger partial charge in [0.05, 0.1) is 6.61 Å². The van der Waals surface area contributed by atoms with E-state index in [4.69, 9.17) is 9.42 Å². The summed E-state index contributed by atoms with van der Waals surface area (Å²) < 4.78 is 20.3. The van der Waals surface area contributed by atoms with Gasteiger partial charge in [0, 0.05) is 7.11 Å². The predicted octanol–water partition coefficient (Wildman–Crippen LogP) is 4.22. The second-order valence-electron chi connectivity index (χ2n) is 4.98. The number of benzene rings is 2. The molecule has 5 heteroatoms. The summed E-state index contributed by atoms with van der Waals surface area (Å²) in [5, 5.41) is 0. The van der Waals surface area contributed by atoms with E-state index in [1.54, 1.807) is 0 Å². The molecule has 2 rings (SSSR count). The van der Waals surface area contributed by atoms with Crippen molar-refractivity contribution in [3.05, 3.63) is 59.7 Å². The number of aryl methyl sites for hydroxylation is 1. The highest BCUT2D eigenvalue weighted by atomic mass is 31.2. The summed E-state index contributed by atoms with van der Waals surface area (Å²) in [5.41, 5.74) is 4.70. The minimum Gasteiger partial charge on any atom is -0.303 e. The molecule has 0 fully saturated rings. The van der Waals surface area contributed by atoms with Gasteiger partial charge in [-0.3, -0.25) is 9.05 Å². The third-order valence-electron chi connectivity index (χ3n) is 3.53. The van der Waals surface area contributed by atoms with Crippen molar-refractivity contribution in [3.63, 3.8) is 0 Å². The number of hydrogen-bond donors (Lipinski definition) is 1. The Kier molecular flexibility index (Phi) is 5.92. The first-order valence-electron chi connectivity index (χ1n) is 7.25. The third-order valence-corrected chi connectivity index (χ3v) is 4.50. The lowest BCUT2D eigenvalue weighted by atomic mass is 10.0. The van der Waals surface area contributed by atoms with Gasteiger partial charge in [-0.25, -0.2) is 4.57 Å². The Morgan fingerprint density at radius 1 is 0.955 bits per heavy atom. The molecule has 2 aromatic rings. The molecule has 0 amide bonds. The van der Waals surface area contributed by atoms with Crippen LogP contribution >= 0.6 is 7.82 Å². The summed E-state index contributed by atoms with van der Waals surface area (Å²) in [6.07, 6.45) is 1.60. The molecule has 0 aliphatic carbocycles. The average molecular weight is 320 g/mol. The zero-order chi connectivity index (χ0) is 16.0. The van der Waals surface area contributed by atoms with E-state index in [2.05, 4.69) is 35.7 Å². The summed E-state index contributed by atoms with van der Waals surface area (Å²) in [5.74, 6) is 0. The van der Waals surface area contributed by atoms with Crippen LogP contribution in [-0.2, 0) is 26.5 Å². The van der Waals surface area contributed by atoms with Crippen molar-refractivity contribution >= 4 is 7.82 Å². The second-order valence-corrected chi connectivity index (χ2v) is 6.54. The fraction of sp³-hybridized carbons (Fsp3) is 0.294. The number of hydrogen-bond acceptors (Lipinski definition) is 3. The summed E-state index contributed by atoms with van der Waals surface area (Å²) in [6.45, 7) is 2.28. The molecule has 0 heterocycles. The minimum absolute atomic E-state index is 0.145. The quantitative estimate of drug-likeness (QED) is 0.776. The van der Waals surface area contributed by atoms with Gasteiger partial charge in [-0.2, -0.15) is 0 Å². The lowest BCUT2D eigenvalue weighted by Gasteiger charge is -2.09. The highest BCUT2D eigenvalue weighted by Gasteiger charge is 2.17. The fourth-order valence-corrected chi connectivity index (χ4v) is 2.56. The molecule has 0 aromatic heterocycles. The topological polar surface area (TPSA) is 55.8 Å². The molecular formula is C17H21O4P. The van der Waals surface area contributed by atoms with Crippen molar-refractivity contribution in [2.24, 2.45) is 0 Å². The first kappa shape index (κ1) is 16.9. The van der Waals surface area contributed by atoms with Gasteiger partial charge < -0.3 is 4.89 Å². The first-order valence-corrected chi connectivity index (χ1v) is 8.75. The Hall–Kier alpha value is -1.45. The molecular weight excluding hydrogens is 299 g/mol. The molecule has 4 nitrogen and oxygen atoms in total. The molecule has 1 unspecified atom stereocenters. The van der Waals surface area contributed by atoms with E-state index < -0.39 is 7.82 Å². The molecule has 0 saturated carbocycles. The lowest BCUT2D eigenvalue weighted by molar-refractivity contribution is 0.175. The largest absolute Gasteiger partial charge is 0.471 e. The smallest absolute Gasteiger partial charge is 0.303 e. The van der Waals surface area contributed by atoms with E-state index >= 15 is 0 Å². The van der Waals surface area contributed by atoms with Crippen LogP contribution in [0.5, 0.6) is 0 Å². The van der Waals surface area contributed by atoms with Gasteiger partial charge in [-0.1, -0.05) is 55.5 Å². The number of phosphoric acid groups is 1. The number of rotatable bonds is 7. The van der Waals surface area contributed by atoms with Crippen LogP contribution in [0.15, 0.2) is 48.5 Å². The molecule has 0 saturated heterocycles. The van der Waals surface area contributed by atoms with Crippen LogP contribution in [0.3, 0.4) is 0 Å². The lowest BCUT2D eigenvalue weighted by Crippen LogP contribution is -1.98. The molecule has 0 radical (unpaired) electrons. The molecule has 1 N–H and O–H groups in total. The SMILES string of the molecule is CCc1ccc(-c2ccc(CCOP(=O)(O)OC)cc2)cc1. The standard InChI is InChI=1S/C17H21O4P/c1-3-14-4-8-16(9-5-14)17-10-6-15(7-11-17)12-13-21-22(18,19)20-2/h4-11H,3,12-13H2,1-2H3,(H,18,19). The second kappa shape index (κ2) is 7.70. The fourth-order valence-electron chi connectivity index (χ4n) is 2.13. The Bertz CT molecular complexity index is 635. The zero-order valence-electron chi connectivity index (χ0n) is 12.9. The Balaban J connectivity index is 1.96. The van der Waals surface area contributed by atoms with Crippen LogP contribution < -0.4 is 0 Å². The Labute approximate surface area is 131 Å². The van der Waals surface area contributed by atoms with E-state index in [1.165, 1.54) is 11.1 Å². The van der Waals surface area contributed by atoms with Crippen LogP contribution in [0.4, 0.5) is 0 Å². The van der Waals surface area contributed by atoms with Crippen molar-refractivity contribution in [1.29, 1.82) is 0 Å². The molecule has 22 heavy (non-hydrogen) atoms. The summed E-state index contributed by atoms with van der Waals surface area (Å²) in [4.78, 5) is 9.15. The summed E-state index contributed by atoms with van der Waals surface area (Å²) in [6, 6.07) is 16.6. The third kappa shape index (κ3) is 4.79. The Morgan fingerprint density at radius 2 is 1.45 bits per heavy atom. The molecule has 2 aromatic carbocycles. The van der Waals surface area contributed by atoms with Crippen molar-refractivity contribution in [3.8, 4) is 11.1 Å². The van der Waals surface area contributed by atoms with Gasteiger partial charge in [0.25, 0.3) is 0 Å². The van der Waals surface area contributed by atoms with Crippen molar-refractivity contribution in [1.82, 2.24) is 0 Å². The molecule has 1 atom stereocenters. The highest BCUT2D eigenvalue weighted by molar-refractivity contribution is 7.47. The van der Waals surface area contributed by atoms with Gasteiger partial charge in [0.2, 0.25) is 0 Å². The molecule has 0 bridgehead atoms. The maximum atomic E-state index is 11.2. The number of phosphoric ester groups is 1. The summed E-state index contributed by atoms with van der Waals surface area (Å²) >= 11 is 0. The van der Waals surface area contributed by atoms with E-state index in [-0.39, 0.29) is 6.61 Å². The average Bonchev–Trinajstić information content (AvgIpc) is 2.55. The van der Waals surface area contributed by atoms with Gasteiger partial charge in [0.15, 0.2) is 0 Å². The van der Waals surface area contributed by atoms with Crippen LogP contribution in [0.2, 0.25) is 0 Å². The molecule has 0 aliphatic heterocycles. The van der Waals surface area contributed by atoms with E-state index in [0.29, 0.717) is 6.42 Å². The van der Waals surface area contributed by atoms with Crippen LogP contribution in [0.25, 0.3) is 11.1 Å². The van der Waals surface area contributed by atoms with Gasteiger partial charge in [0.1, 0.15) is 0 Å². The zero-order valence-corrected chi connectivity index (χ0v) is 13.8. The van der Waals surface area contributed by atoms with Gasteiger partial charge in [-0.05, 0) is 35.1 Å². The maximum Gasteiger partial charge on any atom is 0.471 e. The summed E-state index contributed by atoms with van der Waals surface area (Å²) in [7, 11) is -2.72. The monoisotopic (exact) mass is 320 g/mol. The van der Waals surface area contributed by atoms with Crippen molar-refractivity contribution in [2.75, 3.05) is 13.7 Å². The molecule has 0 aliphatic rings. The minimum atomic E-state index is -3.88. The van der Waals surface area contributed by atoms with Crippen LogP contribution in [-0.4, -0.2) is 18.6 Å². The van der Waals surface area contributed by atoms with Crippen molar-refractivity contribution < 1.29 is 18.5 Å². The normalized spacial score (nSPS) is 13.8. The van der Waals surface area contributed by atoms with Crippen molar-refractivity contribution in [2.45, 2.75) is 19.8 Å². The molecule has 0 spiro atoms. The first-order chi connectivity index (χ1) is 10.5. The van der Waals surface area contributed by atoms with Crippen LogP contribution in [0.1, 0.15) is 18.1 Å². The highest BCUT2D eigenvalue weighted by Crippen LogP contribution is 2.41.